The van der Waals surface area contributed by atoms with Gasteiger partial charge >= 0.3 is 0 Å². The van der Waals surface area contributed by atoms with E-state index in [9.17, 15) is 9.59 Å². The zero-order chi connectivity index (χ0) is 18.1. The molecule has 3 aromatic rings. The number of aromatic nitrogens is 2. The summed E-state index contributed by atoms with van der Waals surface area (Å²) in [4.78, 5) is 34.0. The predicted octanol–water partition coefficient (Wildman–Crippen LogP) is 2.35. The Morgan fingerprint density at radius 3 is 2.96 bits per heavy atom. The maximum Gasteiger partial charge on any atom is 0.271 e. The fourth-order valence-electron chi connectivity index (χ4n) is 3.50. The molecule has 0 saturated carbocycles. The van der Waals surface area contributed by atoms with Gasteiger partial charge in [-0.2, -0.15) is 0 Å². The van der Waals surface area contributed by atoms with Gasteiger partial charge in [-0.1, -0.05) is 18.2 Å². The van der Waals surface area contributed by atoms with Crippen LogP contribution in [0.2, 0.25) is 0 Å². The van der Waals surface area contributed by atoms with Crippen LogP contribution in [0.25, 0.3) is 4.96 Å². The molecule has 0 spiro atoms. The van der Waals surface area contributed by atoms with Crippen LogP contribution in [-0.2, 0) is 0 Å². The van der Waals surface area contributed by atoms with Gasteiger partial charge in [-0.3, -0.25) is 14.0 Å². The highest BCUT2D eigenvalue weighted by Gasteiger charge is 2.26. The Morgan fingerprint density at radius 2 is 2.15 bits per heavy atom. The SMILES string of the molecule is CN(CC1CCN(c2ccccc2)C1)C(=O)c1cnc2sccn2c1=O. The second-order valence-electron chi connectivity index (χ2n) is 6.65. The Morgan fingerprint density at radius 1 is 1.35 bits per heavy atom. The fourth-order valence-corrected chi connectivity index (χ4v) is 4.18. The summed E-state index contributed by atoms with van der Waals surface area (Å²) in [7, 11) is 1.76. The van der Waals surface area contributed by atoms with Gasteiger partial charge in [0.25, 0.3) is 11.5 Å². The number of benzene rings is 1. The molecule has 3 heterocycles. The van der Waals surface area contributed by atoms with Gasteiger partial charge in [-0.25, -0.2) is 4.98 Å². The first kappa shape index (κ1) is 16.8. The van der Waals surface area contributed by atoms with E-state index in [2.05, 4.69) is 22.0 Å². The molecule has 1 aliphatic rings. The summed E-state index contributed by atoms with van der Waals surface area (Å²) in [5.41, 5.74) is 1.04. The molecular weight excluding hydrogens is 348 g/mol. The van der Waals surface area contributed by atoms with E-state index in [1.165, 1.54) is 27.6 Å². The second-order valence-corrected chi connectivity index (χ2v) is 7.53. The van der Waals surface area contributed by atoms with E-state index < -0.39 is 0 Å². The monoisotopic (exact) mass is 368 g/mol. The number of thiazole rings is 1. The summed E-state index contributed by atoms with van der Waals surface area (Å²) >= 11 is 1.38. The van der Waals surface area contributed by atoms with Gasteiger partial charge in [-0.05, 0) is 24.5 Å². The predicted molar refractivity (Wildman–Crippen MR) is 103 cm³/mol. The van der Waals surface area contributed by atoms with Gasteiger partial charge in [0.05, 0.1) is 0 Å². The summed E-state index contributed by atoms with van der Waals surface area (Å²) in [6.45, 7) is 2.54. The van der Waals surface area contributed by atoms with Crippen molar-refractivity contribution in [1.82, 2.24) is 14.3 Å². The quantitative estimate of drug-likeness (QED) is 0.709. The maximum atomic E-state index is 12.7. The summed E-state index contributed by atoms with van der Waals surface area (Å²) in [6.07, 6.45) is 4.09. The molecule has 0 aliphatic carbocycles. The standard InChI is InChI=1S/C19H20N4O2S/c1-21(12-14-7-8-22(13-14)15-5-3-2-4-6-15)17(24)16-11-20-19-23(18(16)25)9-10-26-19/h2-6,9-11,14H,7-8,12-13H2,1H3. The van der Waals surface area contributed by atoms with E-state index in [1.54, 1.807) is 23.5 Å². The molecule has 1 aromatic carbocycles. The Hall–Kier alpha value is -2.67. The van der Waals surface area contributed by atoms with Gasteiger partial charge in [0.1, 0.15) is 5.56 Å². The van der Waals surface area contributed by atoms with Crippen LogP contribution in [0.3, 0.4) is 0 Å². The van der Waals surface area contributed by atoms with E-state index in [-0.39, 0.29) is 17.0 Å². The Labute approximate surface area is 155 Å². The number of hydrogen-bond donors (Lipinski definition) is 0. The number of hydrogen-bond acceptors (Lipinski definition) is 5. The Balaban J connectivity index is 1.44. The lowest BCUT2D eigenvalue weighted by atomic mass is 10.1. The lowest BCUT2D eigenvalue weighted by molar-refractivity contribution is 0.0774. The molecule has 0 N–H and O–H groups in total. The summed E-state index contributed by atoms with van der Waals surface area (Å²) in [6, 6.07) is 10.3. The van der Waals surface area contributed by atoms with Crippen molar-refractivity contribution in [3.8, 4) is 0 Å². The summed E-state index contributed by atoms with van der Waals surface area (Å²) in [5, 5.41) is 1.79. The van der Waals surface area contributed by atoms with Gasteiger partial charge in [0, 0.05) is 50.1 Å². The molecule has 4 rings (SSSR count). The third kappa shape index (κ3) is 3.10. The van der Waals surface area contributed by atoms with Crippen LogP contribution in [0.1, 0.15) is 16.8 Å². The highest BCUT2D eigenvalue weighted by atomic mass is 32.1. The first-order chi connectivity index (χ1) is 12.6. The largest absolute Gasteiger partial charge is 0.371 e. The molecule has 0 radical (unpaired) electrons. The summed E-state index contributed by atoms with van der Waals surface area (Å²) < 4.78 is 1.43. The second kappa shape index (κ2) is 6.92. The summed E-state index contributed by atoms with van der Waals surface area (Å²) in [5.74, 6) is 0.131. The fraction of sp³-hybridized carbons (Fsp3) is 0.316. The van der Waals surface area contributed by atoms with Crippen LogP contribution in [0.5, 0.6) is 0 Å². The number of para-hydroxylation sites is 1. The molecular formula is C19H20N4O2S. The number of carbonyl (C=O) groups excluding carboxylic acids is 1. The van der Waals surface area contributed by atoms with Crippen molar-refractivity contribution < 1.29 is 4.79 Å². The lowest BCUT2D eigenvalue weighted by Crippen LogP contribution is -2.36. The highest BCUT2D eigenvalue weighted by molar-refractivity contribution is 7.15. The molecule has 1 unspecified atom stereocenters. The number of fused-ring (bicyclic) bond motifs is 1. The highest BCUT2D eigenvalue weighted by Crippen LogP contribution is 2.24. The smallest absolute Gasteiger partial charge is 0.271 e. The minimum absolute atomic E-state index is 0.126. The number of nitrogens with zero attached hydrogens (tertiary/aromatic N) is 4. The minimum atomic E-state index is -0.301. The van der Waals surface area contributed by atoms with E-state index in [0.29, 0.717) is 17.4 Å². The number of carbonyl (C=O) groups is 1. The molecule has 1 fully saturated rings. The molecule has 26 heavy (non-hydrogen) atoms. The molecule has 1 atom stereocenters. The van der Waals surface area contributed by atoms with Crippen LogP contribution < -0.4 is 10.5 Å². The number of amides is 1. The maximum absolute atomic E-state index is 12.7. The lowest BCUT2D eigenvalue weighted by Gasteiger charge is -2.22. The van der Waals surface area contributed by atoms with Crippen LogP contribution in [0.4, 0.5) is 5.69 Å². The Kier molecular flexibility index (Phi) is 4.46. The van der Waals surface area contributed by atoms with Crippen LogP contribution in [0, 0.1) is 5.92 Å². The van der Waals surface area contributed by atoms with Gasteiger partial charge in [0.2, 0.25) is 0 Å². The molecule has 2 aromatic heterocycles. The first-order valence-corrected chi connectivity index (χ1v) is 9.52. The molecule has 134 valence electrons. The molecule has 7 heteroatoms. The Bertz CT molecular complexity index is 982. The molecule has 6 nitrogen and oxygen atoms in total. The van der Waals surface area contributed by atoms with Crippen LogP contribution in [-0.4, -0.2) is 46.9 Å². The molecule has 0 bridgehead atoms. The average molecular weight is 368 g/mol. The average Bonchev–Trinajstić information content (AvgIpc) is 3.32. The van der Waals surface area contributed by atoms with E-state index in [1.807, 2.05) is 18.2 Å². The van der Waals surface area contributed by atoms with Crippen molar-refractivity contribution in [2.24, 2.45) is 5.92 Å². The molecule has 1 aliphatic heterocycles. The van der Waals surface area contributed by atoms with Crippen molar-refractivity contribution in [3.63, 3.8) is 0 Å². The van der Waals surface area contributed by atoms with E-state index in [0.717, 1.165) is 19.5 Å². The molecule has 1 saturated heterocycles. The van der Waals surface area contributed by atoms with Crippen LogP contribution in [0.15, 0.2) is 52.9 Å². The topological polar surface area (TPSA) is 57.9 Å². The normalized spacial score (nSPS) is 17.0. The van der Waals surface area contributed by atoms with Gasteiger partial charge in [0.15, 0.2) is 4.96 Å². The zero-order valence-electron chi connectivity index (χ0n) is 14.5. The van der Waals surface area contributed by atoms with Crippen LogP contribution >= 0.6 is 11.3 Å². The molecule has 1 amide bonds. The minimum Gasteiger partial charge on any atom is -0.371 e. The van der Waals surface area contributed by atoms with Gasteiger partial charge in [-0.15, -0.1) is 11.3 Å². The first-order valence-electron chi connectivity index (χ1n) is 8.64. The zero-order valence-corrected chi connectivity index (χ0v) is 15.4. The van der Waals surface area contributed by atoms with Crippen molar-refractivity contribution in [3.05, 3.63) is 64.0 Å². The van der Waals surface area contributed by atoms with Crippen molar-refractivity contribution in [2.45, 2.75) is 6.42 Å². The van der Waals surface area contributed by atoms with Crippen molar-refractivity contribution in [2.75, 3.05) is 31.6 Å². The number of anilines is 1. The van der Waals surface area contributed by atoms with Gasteiger partial charge < -0.3 is 9.80 Å². The van der Waals surface area contributed by atoms with E-state index in [4.69, 9.17) is 0 Å². The third-order valence-electron chi connectivity index (χ3n) is 4.86. The van der Waals surface area contributed by atoms with E-state index >= 15 is 0 Å². The van der Waals surface area contributed by atoms with Crippen molar-refractivity contribution >= 4 is 27.9 Å². The number of rotatable bonds is 4. The van der Waals surface area contributed by atoms with Crippen molar-refractivity contribution in [1.29, 1.82) is 0 Å². The third-order valence-corrected chi connectivity index (χ3v) is 5.63.